The second-order valence-electron chi connectivity index (χ2n) is 4.65. The number of fused-ring (bicyclic) bond motifs is 1. The highest BCUT2D eigenvalue weighted by Crippen LogP contribution is 2.25. The molecule has 0 unspecified atom stereocenters. The van der Waals surface area contributed by atoms with Crippen molar-refractivity contribution in [2.24, 2.45) is 7.05 Å². The number of ether oxygens (including phenoxy) is 1. The van der Waals surface area contributed by atoms with Gasteiger partial charge in [-0.2, -0.15) is 0 Å². The quantitative estimate of drug-likeness (QED) is 0.690. The fraction of sp³-hybridized carbons (Fsp3) is 0.125. The van der Waals surface area contributed by atoms with E-state index >= 15 is 0 Å². The second kappa shape index (κ2) is 5.17. The number of aromatic nitrogens is 1. The Balaban J connectivity index is 1.92. The molecule has 0 aliphatic heterocycles. The molecule has 0 fully saturated rings. The Kier molecular flexibility index (Phi) is 3.36. The van der Waals surface area contributed by atoms with Crippen LogP contribution in [-0.4, -0.2) is 4.57 Å². The van der Waals surface area contributed by atoms with Gasteiger partial charge < -0.3 is 9.30 Å². The van der Waals surface area contributed by atoms with E-state index in [9.17, 15) is 4.39 Å². The fourth-order valence-electron chi connectivity index (χ4n) is 2.32. The van der Waals surface area contributed by atoms with E-state index < -0.39 is 0 Å². The normalized spacial score (nSPS) is 10.9. The van der Waals surface area contributed by atoms with Crippen LogP contribution in [-0.2, 0) is 13.7 Å². The van der Waals surface area contributed by atoms with Gasteiger partial charge >= 0.3 is 0 Å². The molecule has 1 aromatic heterocycles. The van der Waals surface area contributed by atoms with Crippen LogP contribution < -0.4 is 4.74 Å². The average molecular weight is 290 g/mol. The minimum Gasteiger partial charge on any atom is -0.489 e. The van der Waals surface area contributed by atoms with Gasteiger partial charge in [0.1, 0.15) is 18.2 Å². The molecule has 0 saturated heterocycles. The topological polar surface area (TPSA) is 14.2 Å². The van der Waals surface area contributed by atoms with Crippen molar-refractivity contribution < 1.29 is 9.13 Å². The summed E-state index contributed by atoms with van der Waals surface area (Å²) in [6.07, 6.45) is 1.89. The van der Waals surface area contributed by atoms with Gasteiger partial charge in [0.15, 0.2) is 0 Å². The highest BCUT2D eigenvalue weighted by molar-refractivity contribution is 6.30. The number of halogens is 2. The van der Waals surface area contributed by atoms with Crippen molar-refractivity contribution in [1.29, 1.82) is 0 Å². The third-order valence-corrected chi connectivity index (χ3v) is 3.47. The molecule has 0 amide bonds. The molecule has 3 rings (SSSR count). The van der Waals surface area contributed by atoms with Crippen molar-refractivity contribution >= 4 is 22.5 Å². The zero-order valence-electron chi connectivity index (χ0n) is 10.9. The SMILES string of the molecule is Cn1cc(COc2cccc(Cl)c2)c2c(F)cccc21. The first-order valence-electron chi connectivity index (χ1n) is 6.26. The summed E-state index contributed by atoms with van der Waals surface area (Å²) in [5.74, 6) is 0.443. The summed E-state index contributed by atoms with van der Waals surface area (Å²) in [7, 11) is 1.89. The van der Waals surface area contributed by atoms with Gasteiger partial charge in [-0.1, -0.05) is 23.7 Å². The van der Waals surface area contributed by atoms with E-state index in [-0.39, 0.29) is 5.82 Å². The van der Waals surface area contributed by atoms with Gasteiger partial charge in [-0.25, -0.2) is 4.39 Å². The Morgan fingerprint density at radius 3 is 2.80 bits per heavy atom. The lowest BCUT2D eigenvalue weighted by atomic mass is 10.2. The smallest absolute Gasteiger partial charge is 0.132 e. The van der Waals surface area contributed by atoms with Gasteiger partial charge in [0.2, 0.25) is 0 Å². The highest BCUT2D eigenvalue weighted by atomic mass is 35.5. The molecule has 0 aliphatic rings. The summed E-state index contributed by atoms with van der Waals surface area (Å²) >= 11 is 5.91. The molecule has 3 aromatic rings. The number of aryl methyl sites for hydroxylation is 1. The summed E-state index contributed by atoms with van der Waals surface area (Å²) in [5.41, 5.74) is 1.68. The summed E-state index contributed by atoms with van der Waals surface area (Å²) in [6.45, 7) is 0.304. The minimum absolute atomic E-state index is 0.229. The number of benzene rings is 2. The van der Waals surface area contributed by atoms with Crippen molar-refractivity contribution in [2.45, 2.75) is 6.61 Å². The standard InChI is InChI=1S/C16H13ClFNO/c1-19-9-11(16-14(18)6-3-7-15(16)19)10-20-13-5-2-4-12(17)8-13/h2-9H,10H2,1H3. The van der Waals surface area contributed by atoms with Crippen LogP contribution in [0.4, 0.5) is 4.39 Å². The van der Waals surface area contributed by atoms with Gasteiger partial charge in [0.05, 0.1) is 5.52 Å². The van der Waals surface area contributed by atoms with Crippen LogP contribution in [0.2, 0.25) is 5.02 Å². The van der Waals surface area contributed by atoms with Crippen molar-refractivity contribution in [2.75, 3.05) is 0 Å². The lowest BCUT2D eigenvalue weighted by Gasteiger charge is -2.05. The summed E-state index contributed by atoms with van der Waals surface area (Å²) < 4.78 is 21.5. The van der Waals surface area contributed by atoms with Crippen molar-refractivity contribution in [3.05, 3.63) is 65.1 Å². The van der Waals surface area contributed by atoms with Crippen LogP contribution in [0.1, 0.15) is 5.56 Å². The molecule has 1 heterocycles. The Labute approximate surface area is 121 Å². The molecule has 4 heteroatoms. The number of nitrogens with zero attached hydrogens (tertiary/aromatic N) is 1. The summed E-state index contributed by atoms with van der Waals surface area (Å²) in [4.78, 5) is 0. The van der Waals surface area contributed by atoms with E-state index in [1.165, 1.54) is 6.07 Å². The maximum Gasteiger partial charge on any atom is 0.132 e. The van der Waals surface area contributed by atoms with Gasteiger partial charge in [-0.15, -0.1) is 0 Å². The van der Waals surface area contributed by atoms with E-state index in [0.717, 1.165) is 11.1 Å². The molecule has 102 valence electrons. The average Bonchev–Trinajstić information content (AvgIpc) is 2.75. The van der Waals surface area contributed by atoms with Crippen molar-refractivity contribution in [3.63, 3.8) is 0 Å². The van der Waals surface area contributed by atoms with E-state index in [0.29, 0.717) is 22.8 Å². The van der Waals surface area contributed by atoms with Gasteiger partial charge in [0, 0.05) is 29.2 Å². The monoisotopic (exact) mass is 289 g/mol. The van der Waals surface area contributed by atoms with Crippen LogP contribution in [0, 0.1) is 5.82 Å². The minimum atomic E-state index is -0.229. The van der Waals surface area contributed by atoms with Gasteiger partial charge in [-0.05, 0) is 30.3 Å². The molecule has 0 atom stereocenters. The molecule has 0 spiro atoms. The molecule has 0 aliphatic carbocycles. The first-order chi connectivity index (χ1) is 9.65. The van der Waals surface area contributed by atoms with E-state index in [1.54, 1.807) is 18.2 Å². The maximum atomic E-state index is 14.0. The Hall–Kier alpha value is -2.00. The summed E-state index contributed by atoms with van der Waals surface area (Å²) in [6, 6.07) is 12.2. The van der Waals surface area contributed by atoms with Crippen LogP contribution in [0.3, 0.4) is 0 Å². The Bertz CT molecular complexity index is 766. The second-order valence-corrected chi connectivity index (χ2v) is 5.08. The van der Waals surface area contributed by atoms with E-state index in [4.69, 9.17) is 16.3 Å². The molecule has 2 aromatic carbocycles. The lowest BCUT2D eigenvalue weighted by molar-refractivity contribution is 0.307. The lowest BCUT2D eigenvalue weighted by Crippen LogP contribution is -1.95. The number of hydrogen-bond donors (Lipinski definition) is 0. The fourth-order valence-corrected chi connectivity index (χ4v) is 2.50. The van der Waals surface area contributed by atoms with Crippen LogP contribution in [0.15, 0.2) is 48.7 Å². The van der Waals surface area contributed by atoms with Crippen molar-refractivity contribution in [1.82, 2.24) is 4.57 Å². The third-order valence-electron chi connectivity index (χ3n) is 3.23. The molecule has 0 saturated carbocycles. The van der Waals surface area contributed by atoms with Crippen LogP contribution >= 0.6 is 11.6 Å². The number of hydrogen-bond acceptors (Lipinski definition) is 1. The largest absolute Gasteiger partial charge is 0.489 e. The predicted molar refractivity (Wildman–Crippen MR) is 78.7 cm³/mol. The predicted octanol–water partition coefficient (Wildman–Crippen LogP) is 4.55. The zero-order valence-corrected chi connectivity index (χ0v) is 11.7. The Morgan fingerprint density at radius 2 is 2.00 bits per heavy atom. The van der Waals surface area contributed by atoms with Gasteiger partial charge in [0.25, 0.3) is 0 Å². The molecule has 0 bridgehead atoms. The van der Waals surface area contributed by atoms with Crippen LogP contribution in [0.5, 0.6) is 5.75 Å². The van der Waals surface area contributed by atoms with Gasteiger partial charge in [-0.3, -0.25) is 0 Å². The Morgan fingerprint density at radius 1 is 1.20 bits per heavy atom. The molecule has 20 heavy (non-hydrogen) atoms. The molecule has 2 nitrogen and oxygen atoms in total. The zero-order chi connectivity index (χ0) is 14.1. The molecular weight excluding hydrogens is 277 g/mol. The number of rotatable bonds is 3. The molecular formula is C16H13ClFNO. The maximum absolute atomic E-state index is 14.0. The third kappa shape index (κ3) is 2.37. The molecule has 0 radical (unpaired) electrons. The molecule has 0 N–H and O–H groups in total. The van der Waals surface area contributed by atoms with E-state index in [1.807, 2.05) is 36.0 Å². The van der Waals surface area contributed by atoms with Crippen molar-refractivity contribution in [3.8, 4) is 5.75 Å². The first kappa shape index (κ1) is 13.0. The highest BCUT2D eigenvalue weighted by Gasteiger charge is 2.11. The van der Waals surface area contributed by atoms with Crippen LogP contribution in [0.25, 0.3) is 10.9 Å². The summed E-state index contributed by atoms with van der Waals surface area (Å²) in [5, 5.41) is 1.23. The first-order valence-corrected chi connectivity index (χ1v) is 6.64. The van der Waals surface area contributed by atoms with E-state index in [2.05, 4.69) is 0 Å².